The van der Waals surface area contributed by atoms with Crippen LogP contribution in [0, 0.1) is 6.92 Å². The zero-order valence-corrected chi connectivity index (χ0v) is 14.6. The summed E-state index contributed by atoms with van der Waals surface area (Å²) in [5, 5.41) is 11.6. The van der Waals surface area contributed by atoms with E-state index in [0.717, 1.165) is 31.0 Å². The number of hydrogen-bond donors (Lipinski definition) is 2. The van der Waals surface area contributed by atoms with Gasteiger partial charge in [-0.25, -0.2) is 4.98 Å². The van der Waals surface area contributed by atoms with Crippen molar-refractivity contribution in [2.24, 2.45) is 0 Å². The number of nitrogens with one attached hydrogen (secondary N) is 1. The summed E-state index contributed by atoms with van der Waals surface area (Å²) < 4.78 is 0. The van der Waals surface area contributed by atoms with Gasteiger partial charge in [-0.1, -0.05) is 0 Å². The molecule has 1 saturated heterocycles. The molecule has 1 aliphatic rings. The Labute approximate surface area is 142 Å². The highest BCUT2D eigenvalue weighted by atomic mass is 32.1. The van der Waals surface area contributed by atoms with E-state index >= 15 is 0 Å². The first-order valence-electron chi connectivity index (χ1n) is 8.35. The normalized spacial score (nSPS) is 15.8. The standard InChI is InChI=1S/C17H26N4OS/c1-14-17(19-13-18-14)11-21(6-7-22)10-16-8-15(12-23-16)9-20-4-2-3-5-20/h8,12-13,22H,2-7,9-11H2,1H3,(H,18,19). The number of aryl methyl sites for hydroxylation is 1. The molecule has 0 saturated carbocycles. The molecule has 0 spiro atoms. The molecule has 2 aromatic rings. The van der Waals surface area contributed by atoms with Gasteiger partial charge in [-0.3, -0.25) is 9.80 Å². The van der Waals surface area contributed by atoms with Gasteiger partial charge in [-0.2, -0.15) is 0 Å². The Kier molecular flexibility index (Phi) is 5.83. The predicted molar refractivity (Wildman–Crippen MR) is 93.4 cm³/mol. The van der Waals surface area contributed by atoms with Crippen molar-refractivity contribution in [3.8, 4) is 0 Å². The van der Waals surface area contributed by atoms with E-state index in [0.29, 0.717) is 6.54 Å². The number of H-pyrrole nitrogens is 1. The van der Waals surface area contributed by atoms with Gasteiger partial charge in [0.25, 0.3) is 0 Å². The van der Waals surface area contributed by atoms with E-state index < -0.39 is 0 Å². The Bertz CT molecular complexity index is 603. The van der Waals surface area contributed by atoms with Crippen molar-refractivity contribution in [2.45, 2.75) is 39.4 Å². The third-order valence-electron chi connectivity index (χ3n) is 4.42. The van der Waals surface area contributed by atoms with Crippen LogP contribution in [0.5, 0.6) is 0 Å². The molecule has 5 nitrogen and oxygen atoms in total. The summed E-state index contributed by atoms with van der Waals surface area (Å²) in [6.45, 7) is 8.09. The monoisotopic (exact) mass is 334 g/mol. The molecule has 6 heteroatoms. The fraction of sp³-hybridized carbons (Fsp3) is 0.588. The molecule has 2 N–H and O–H groups in total. The molecule has 1 aliphatic heterocycles. The molecule has 23 heavy (non-hydrogen) atoms. The molecule has 1 fully saturated rings. The van der Waals surface area contributed by atoms with Crippen LogP contribution in [0.2, 0.25) is 0 Å². The van der Waals surface area contributed by atoms with Gasteiger partial charge in [0.15, 0.2) is 0 Å². The Morgan fingerprint density at radius 3 is 2.87 bits per heavy atom. The van der Waals surface area contributed by atoms with Crippen molar-refractivity contribution in [3.05, 3.63) is 39.6 Å². The third-order valence-corrected chi connectivity index (χ3v) is 5.39. The SMILES string of the molecule is Cc1[nH]cnc1CN(CCO)Cc1cc(CN2CCCC2)cs1. The van der Waals surface area contributed by atoms with Crippen LogP contribution in [0.25, 0.3) is 0 Å². The second-order valence-corrected chi connectivity index (χ2v) is 7.31. The van der Waals surface area contributed by atoms with Gasteiger partial charge in [0.05, 0.1) is 18.6 Å². The summed E-state index contributed by atoms with van der Waals surface area (Å²) in [7, 11) is 0. The van der Waals surface area contributed by atoms with Gasteiger partial charge in [-0.15, -0.1) is 11.3 Å². The fourth-order valence-corrected chi connectivity index (χ4v) is 4.05. The van der Waals surface area contributed by atoms with Crippen LogP contribution in [0.15, 0.2) is 17.8 Å². The maximum absolute atomic E-state index is 9.33. The lowest BCUT2D eigenvalue weighted by molar-refractivity contribution is 0.184. The largest absolute Gasteiger partial charge is 0.395 e. The van der Waals surface area contributed by atoms with Crippen LogP contribution in [0.4, 0.5) is 0 Å². The van der Waals surface area contributed by atoms with E-state index in [4.69, 9.17) is 0 Å². The molecular formula is C17H26N4OS. The van der Waals surface area contributed by atoms with Gasteiger partial charge < -0.3 is 10.1 Å². The summed E-state index contributed by atoms with van der Waals surface area (Å²) in [5.41, 5.74) is 3.59. The van der Waals surface area contributed by atoms with Crippen molar-refractivity contribution in [2.75, 3.05) is 26.2 Å². The Hall–Kier alpha value is -1.21. The van der Waals surface area contributed by atoms with Crippen molar-refractivity contribution < 1.29 is 5.11 Å². The first-order chi connectivity index (χ1) is 11.2. The number of nitrogens with zero attached hydrogens (tertiary/aromatic N) is 3. The van der Waals surface area contributed by atoms with Gasteiger partial charge in [0.2, 0.25) is 0 Å². The van der Waals surface area contributed by atoms with E-state index in [1.54, 1.807) is 6.33 Å². The van der Waals surface area contributed by atoms with E-state index in [1.807, 2.05) is 18.3 Å². The number of rotatable bonds is 8. The zero-order valence-electron chi connectivity index (χ0n) is 13.8. The number of likely N-dealkylation sites (tertiary alicyclic amines) is 1. The smallest absolute Gasteiger partial charge is 0.0925 e. The van der Waals surface area contributed by atoms with Crippen LogP contribution < -0.4 is 0 Å². The topological polar surface area (TPSA) is 55.4 Å². The van der Waals surface area contributed by atoms with Crippen molar-refractivity contribution in [3.63, 3.8) is 0 Å². The lowest BCUT2D eigenvalue weighted by atomic mass is 10.2. The molecule has 0 atom stereocenters. The molecule has 0 unspecified atom stereocenters. The average molecular weight is 334 g/mol. The molecule has 0 bridgehead atoms. The molecule has 3 heterocycles. The van der Waals surface area contributed by atoms with Gasteiger partial charge in [0, 0.05) is 36.8 Å². The lowest BCUT2D eigenvalue weighted by Crippen LogP contribution is -2.26. The highest BCUT2D eigenvalue weighted by Crippen LogP contribution is 2.21. The molecule has 0 amide bonds. The van der Waals surface area contributed by atoms with E-state index in [2.05, 4.69) is 31.2 Å². The molecule has 0 aliphatic carbocycles. The van der Waals surface area contributed by atoms with Crippen molar-refractivity contribution >= 4 is 11.3 Å². The highest BCUT2D eigenvalue weighted by Gasteiger charge is 2.14. The number of hydrogen-bond acceptors (Lipinski definition) is 5. The molecule has 126 valence electrons. The Balaban J connectivity index is 1.58. The number of aromatic nitrogens is 2. The third kappa shape index (κ3) is 4.64. The molecule has 0 aromatic carbocycles. The Morgan fingerprint density at radius 2 is 2.17 bits per heavy atom. The highest BCUT2D eigenvalue weighted by molar-refractivity contribution is 7.10. The summed E-state index contributed by atoms with van der Waals surface area (Å²) in [6.07, 6.45) is 4.41. The van der Waals surface area contributed by atoms with Gasteiger partial charge in [-0.05, 0) is 49.9 Å². The minimum absolute atomic E-state index is 0.176. The maximum Gasteiger partial charge on any atom is 0.0925 e. The quantitative estimate of drug-likeness (QED) is 0.778. The van der Waals surface area contributed by atoms with Crippen molar-refractivity contribution in [1.29, 1.82) is 0 Å². The minimum atomic E-state index is 0.176. The summed E-state index contributed by atoms with van der Waals surface area (Å²) in [4.78, 5) is 13.6. The lowest BCUT2D eigenvalue weighted by Gasteiger charge is -2.19. The van der Waals surface area contributed by atoms with Crippen LogP contribution in [0.1, 0.15) is 34.7 Å². The minimum Gasteiger partial charge on any atom is -0.395 e. The predicted octanol–water partition coefficient (Wildman–Crippen LogP) is 2.37. The van der Waals surface area contributed by atoms with Crippen LogP contribution in [0.3, 0.4) is 0 Å². The van der Waals surface area contributed by atoms with Gasteiger partial charge >= 0.3 is 0 Å². The first kappa shape index (κ1) is 16.6. The molecule has 0 radical (unpaired) electrons. The fourth-order valence-electron chi connectivity index (χ4n) is 3.13. The molecule has 2 aromatic heterocycles. The summed E-state index contributed by atoms with van der Waals surface area (Å²) in [6, 6.07) is 2.32. The number of thiophene rings is 1. The van der Waals surface area contributed by atoms with E-state index in [9.17, 15) is 5.11 Å². The number of aliphatic hydroxyl groups excluding tert-OH is 1. The first-order valence-corrected chi connectivity index (χ1v) is 9.23. The number of aliphatic hydroxyl groups is 1. The number of imidazole rings is 1. The zero-order chi connectivity index (χ0) is 16.1. The van der Waals surface area contributed by atoms with Crippen LogP contribution in [-0.2, 0) is 19.6 Å². The van der Waals surface area contributed by atoms with E-state index in [-0.39, 0.29) is 6.61 Å². The van der Waals surface area contributed by atoms with E-state index in [1.165, 1.54) is 36.4 Å². The average Bonchev–Trinajstić information content (AvgIpc) is 3.25. The van der Waals surface area contributed by atoms with Crippen LogP contribution in [-0.4, -0.2) is 51.1 Å². The number of aromatic amines is 1. The van der Waals surface area contributed by atoms with Crippen LogP contribution >= 0.6 is 11.3 Å². The van der Waals surface area contributed by atoms with Gasteiger partial charge in [0.1, 0.15) is 0 Å². The molecular weight excluding hydrogens is 308 g/mol. The second kappa shape index (κ2) is 8.06. The molecule has 3 rings (SSSR count). The Morgan fingerprint density at radius 1 is 1.35 bits per heavy atom. The second-order valence-electron chi connectivity index (χ2n) is 6.31. The summed E-state index contributed by atoms with van der Waals surface area (Å²) in [5.74, 6) is 0. The van der Waals surface area contributed by atoms with Crippen molar-refractivity contribution in [1.82, 2.24) is 19.8 Å². The maximum atomic E-state index is 9.33. The summed E-state index contributed by atoms with van der Waals surface area (Å²) >= 11 is 1.83.